The first-order valence-electron chi connectivity index (χ1n) is 16.7. The Morgan fingerprint density at radius 1 is 0.278 bits per heavy atom. The molecule has 246 valence electrons. The van der Waals surface area contributed by atoms with Crippen LogP contribution in [0.5, 0.6) is 0 Å². The van der Waals surface area contributed by atoms with Gasteiger partial charge < -0.3 is 0 Å². The van der Waals surface area contributed by atoms with E-state index in [0.29, 0.717) is 0 Å². The van der Waals surface area contributed by atoms with Crippen LogP contribution in [0.1, 0.15) is 79.6 Å². The van der Waals surface area contributed by atoms with Gasteiger partial charge in [-0.25, -0.2) is 0 Å². The largest absolute Gasteiger partial charge is 0.106 e. The van der Waals surface area contributed by atoms with Crippen LogP contribution in [-0.4, -0.2) is 0 Å². The van der Waals surface area contributed by atoms with Crippen molar-refractivity contribution in [3.05, 3.63) is 0 Å². The molecule has 0 aromatic rings. The molecule has 2 rings (SSSR count). The van der Waals surface area contributed by atoms with Crippen molar-refractivity contribution in [3.63, 3.8) is 0 Å². The lowest BCUT2D eigenvalue weighted by atomic mass is 9.58. The van der Waals surface area contributed by atoms with E-state index in [1.54, 1.807) is 6.92 Å². The van der Waals surface area contributed by atoms with Gasteiger partial charge in [-0.15, -0.1) is 6.42 Å². The van der Waals surface area contributed by atoms with Crippen LogP contribution in [0.15, 0.2) is 0 Å². The Morgan fingerprint density at radius 3 is 0.722 bits per heavy atom. The molecule has 2 aliphatic carbocycles. The molecule has 0 heterocycles. The summed E-state index contributed by atoms with van der Waals surface area (Å²) in [5.74, 6) is 103. The van der Waals surface area contributed by atoms with Gasteiger partial charge in [0.15, 0.2) is 0 Å². The highest BCUT2D eigenvalue weighted by atomic mass is 14.5. The molecule has 0 N–H and O–H groups in total. The molecule has 54 heavy (non-hydrogen) atoms. The third kappa shape index (κ3) is 21.2. The van der Waals surface area contributed by atoms with Crippen molar-refractivity contribution in [2.24, 2.45) is 10.8 Å². The number of hydrogen-bond donors (Lipinski definition) is 0. The summed E-state index contributed by atoms with van der Waals surface area (Å²) in [7, 11) is 0. The van der Waals surface area contributed by atoms with E-state index in [1.807, 2.05) is 27.7 Å². The highest BCUT2D eigenvalue weighted by Crippen LogP contribution is 2.60. The third-order valence-electron chi connectivity index (χ3n) is 6.44. The topological polar surface area (TPSA) is 0 Å². The molecule has 0 nitrogen and oxygen atoms in total. The summed E-state index contributed by atoms with van der Waals surface area (Å²) in [5, 5.41) is 0. The molecule has 0 spiro atoms. The predicted molar refractivity (Wildman–Crippen MR) is 222 cm³/mol. The molecule has 0 amide bonds. The van der Waals surface area contributed by atoms with Gasteiger partial charge >= 0.3 is 0 Å². The van der Waals surface area contributed by atoms with Gasteiger partial charge in [-0.05, 0) is 222 Å². The molecule has 2 saturated carbocycles. The molecule has 2 aliphatic rings. The molecule has 2 atom stereocenters. The molecular formula is C54H30. The second kappa shape index (κ2) is 34.1. The van der Waals surface area contributed by atoms with Gasteiger partial charge in [-0.1, -0.05) is 64.7 Å². The van der Waals surface area contributed by atoms with Crippen molar-refractivity contribution in [1.82, 2.24) is 0 Å². The molecule has 0 aromatic heterocycles. The summed E-state index contributed by atoms with van der Waals surface area (Å²) in [4.78, 5) is 0. The Bertz CT molecular complexity index is 2700. The maximum atomic E-state index is 4.97. The molecule has 1 unspecified atom stereocenters. The summed E-state index contributed by atoms with van der Waals surface area (Å²) < 4.78 is 0. The van der Waals surface area contributed by atoms with Crippen LogP contribution in [0.25, 0.3) is 0 Å². The number of hydrogen-bond acceptors (Lipinski definition) is 0. The molecule has 0 radical (unpaired) electrons. The fourth-order valence-corrected chi connectivity index (χ4v) is 4.61. The zero-order chi connectivity index (χ0) is 39.5. The minimum atomic E-state index is -0.193. The van der Waals surface area contributed by atoms with Gasteiger partial charge in [0, 0.05) is 34.5 Å². The number of rotatable bonds is 0. The first kappa shape index (κ1) is 45.2. The van der Waals surface area contributed by atoms with Crippen molar-refractivity contribution in [2.75, 3.05) is 0 Å². The maximum Gasteiger partial charge on any atom is 0.0490 e. The molecule has 0 aliphatic heterocycles. The normalized spacial score (nSPS) is 13.4. The maximum absolute atomic E-state index is 4.97. The summed E-state index contributed by atoms with van der Waals surface area (Å²) >= 11 is 0. The highest BCUT2D eigenvalue weighted by molar-refractivity contribution is 5.49. The second-order valence-corrected chi connectivity index (χ2v) is 9.24. The second-order valence-electron chi connectivity index (χ2n) is 9.24. The minimum Gasteiger partial charge on any atom is -0.106 e. The van der Waals surface area contributed by atoms with Crippen molar-refractivity contribution >= 4 is 0 Å². The van der Waals surface area contributed by atoms with E-state index in [0.717, 1.165) is 44.9 Å². The van der Waals surface area contributed by atoms with Crippen molar-refractivity contribution in [1.29, 1.82) is 0 Å². The van der Waals surface area contributed by atoms with Gasteiger partial charge in [0.2, 0.25) is 0 Å². The summed E-state index contributed by atoms with van der Waals surface area (Å²) in [6.45, 7) is 9.70. The Hall–Kier alpha value is -8.80. The SMILES string of the molecule is C#CC#CC#CC#CC#CC#CC#CC#CC#CC#C[C@@]12CCCCC1(C#CC#CC#CC#CC#CC#CC#CC#CC#CC#CC)CCC2.CC.CC. The first-order chi connectivity index (χ1) is 26.8. The van der Waals surface area contributed by atoms with Crippen molar-refractivity contribution < 1.29 is 0 Å². The fraction of sp³-hybridized carbons (Fsp3) is 0.259. The summed E-state index contributed by atoms with van der Waals surface area (Å²) in [6.07, 6.45) is 12.3. The monoisotopic (exact) mass is 678 g/mol. The van der Waals surface area contributed by atoms with Crippen LogP contribution in [-0.2, 0) is 0 Å². The Kier molecular flexibility index (Phi) is 28.5. The van der Waals surface area contributed by atoms with Gasteiger partial charge in [-0.3, -0.25) is 0 Å². The van der Waals surface area contributed by atoms with Crippen LogP contribution in [0.4, 0.5) is 0 Å². The number of fused-ring (bicyclic) bond motifs is 1. The van der Waals surface area contributed by atoms with E-state index in [2.05, 4.69) is 231 Å². The lowest BCUT2D eigenvalue weighted by Gasteiger charge is -2.43. The first-order valence-corrected chi connectivity index (χ1v) is 16.7. The average Bonchev–Trinajstić information content (AvgIpc) is 3.59. The van der Waals surface area contributed by atoms with Crippen molar-refractivity contribution in [3.8, 4) is 237 Å². The molecule has 0 bridgehead atoms. The Balaban J connectivity index is 0.00000678. The van der Waals surface area contributed by atoms with Gasteiger partial charge in [0.25, 0.3) is 0 Å². The fourth-order valence-electron chi connectivity index (χ4n) is 4.61. The van der Waals surface area contributed by atoms with Crippen LogP contribution < -0.4 is 0 Å². The Labute approximate surface area is 326 Å². The summed E-state index contributed by atoms with van der Waals surface area (Å²) in [6, 6.07) is 0. The van der Waals surface area contributed by atoms with E-state index in [-0.39, 0.29) is 10.8 Å². The van der Waals surface area contributed by atoms with Gasteiger partial charge in [0.05, 0.1) is 0 Å². The molecule has 0 saturated heterocycles. The van der Waals surface area contributed by atoms with E-state index in [9.17, 15) is 0 Å². The number of terminal acetylenes is 1. The smallest absolute Gasteiger partial charge is 0.0490 e. The average molecular weight is 679 g/mol. The van der Waals surface area contributed by atoms with E-state index < -0.39 is 0 Å². The molecule has 0 aromatic carbocycles. The molecule has 2 fully saturated rings. The zero-order valence-electron chi connectivity index (χ0n) is 31.0. The minimum absolute atomic E-state index is 0.193. The van der Waals surface area contributed by atoms with Crippen molar-refractivity contribution in [2.45, 2.75) is 79.6 Å². The van der Waals surface area contributed by atoms with Crippen LogP contribution in [0.3, 0.4) is 0 Å². The highest BCUT2D eigenvalue weighted by Gasteiger charge is 2.54. The van der Waals surface area contributed by atoms with Crippen LogP contribution in [0, 0.1) is 248 Å². The Morgan fingerprint density at radius 2 is 0.481 bits per heavy atom. The van der Waals surface area contributed by atoms with Gasteiger partial charge in [0.1, 0.15) is 0 Å². The van der Waals surface area contributed by atoms with E-state index in [1.165, 1.54) is 0 Å². The molecular weight excluding hydrogens is 649 g/mol. The third-order valence-corrected chi connectivity index (χ3v) is 6.44. The quantitative estimate of drug-likeness (QED) is 0.298. The van der Waals surface area contributed by atoms with Crippen LogP contribution >= 0.6 is 0 Å². The standard InChI is InChI=1S/C50H18.2C2H6/c1-3-5-7-9-11-13-15-17-19-21-23-25-27-29-31-33-35-37-39-44-50-46-41-40-45-49(50,47-42-48-50)43-38-36-34-32-30-28-26-24-22-20-18-16-14-12-10-8-6-4-2;2*1-2/h2H,40-42,45-48H2,1H3;2*1-2H3/t49-,50?;;/m0../s1. The van der Waals surface area contributed by atoms with Gasteiger partial charge in [-0.2, -0.15) is 0 Å². The summed E-state index contributed by atoms with van der Waals surface area (Å²) in [5.41, 5.74) is -0.385. The van der Waals surface area contributed by atoms with E-state index >= 15 is 0 Å². The molecule has 0 heteroatoms. The van der Waals surface area contributed by atoms with E-state index in [4.69, 9.17) is 6.42 Å². The lowest BCUT2D eigenvalue weighted by Crippen LogP contribution is -2.38. The predicted octanol–water partition coefficient (Wildman–Crippen LogP) is 5.49. The lowest BCUT2D eigenvalue weighted by molar-refractivity contribution is 0.132. The van der Waals surface area contributed by atoms with Crippen LogP contribution in [0.2, 0.25) is 0 Å². The zero-order valence-corrected chi connectivity index (χ0v) is 31.0.